The Morgan fingerprint density at radius 1 is 1.41 bits per heavy atom. The van der Waals surface area contributed by atoms with Crippen LogP contribution in [-0.2, 0) is 11.3 Å². The topological polar surface area (TPSA) is 74.9 Å². The van der Waals surface area contributed by atoms with Gasteiger partial charge in [0.25, 0.3) is 0 Å². The number of nitrogens with zero attached hydrogens (tertiary/aromatic N) is 3. The van der Waals surface area contributed by atoms with Crippen molar-refractivity contribution in [2.75, 3.05) is 39.3 Å². The monoisotopic (exact) mass is 533 g/mol. The van der Waals surface area contributed by atoms with Crippen molar-refractivity contribution in [1.82, 2.24) is 20.5 Å². The quantitative estimate of drug-likeness (QED) is 0.308. The number of aromatic nitrogens is 1. The van der Waals surface area contributed by atoms with Gasteiger partial charge in [-0.15, -0.1) is 35.3 Å². The summed E-state index contributed by atoms with van der Waals surface area (Å²) in [6.07, 6.45) is 1.85. The van der Waals surface area contributed by atoms with Gasteiger partial charge in [-0.25, -0.2) is 9.98 Å². The summed E-state index contributed by atoms with van der Waals surface area (Å²) in [4.78, 5) is 12.7. The van der Waals surface area contributed by atoms with Gasteiger partial charge >= 0.3 is 0 Å². The van der Waals surface area contributed by atoms with E-state index in [2.05, 4.69) is 46.3 Å². The van der Waals surface area contributed by atoms with Crippen molar-refractivity contribution in [2.45, 2.75) is 33.4 Å². The van der Waals surface area contributed by atoms with E-state index in [0.717, 1.165) is 55.9 Å². The molecule has 1 aliphatic heterocycles. The van der Waals surface area contributed by atoms with E-state index in [1.807, 2.05) is 17.5 Å². The van der Waals surface area contributed by atoms with E-state index in [-0.39, 0.29) is 30.1 Å². The van der Waals surface area contributed by atoms with Crippen molar-refractivity contribution >= 4 is 41.3 Å². The van der Waals surface area contributed by atoms with Crippen molar-refractivity contribution in [2.24, 2.45) is 10.9 Å². The maximum absolute atomic E-state index is 5.91. The van der Waals surface area contributed by atoms with Crippen molar-refractivity contribution in [3.63, 3.8) is 0 Å². The highest BCUT2D eigenvalue weighted by molar-refractivity contribution is 14.0. The van der Waals surface area contributed by atoms with E-state index in [1.165, 1.54) is 0 Å². The Bertz CT molecular complexity index is 735. The van der Waals surface area contributed by atoms with Gasteiger partial charge in [-0.1, -0.05) is 19.9 Å². The molecule has 0 aromatic carbocycles. The van der Waals surface area contributed by atoms with Crippen molar-refractivity contribution < 1.29 is 9.15 Å². The molecule has 3 rings (SSSR count). The van der Waals surface area contributed by atoms with E-state index in [9.17, 15) is 0 Å². The minimum absolute atomic E-state index is 0. The second-order valence-corrected chi connectivity index (χ2v) is 8.29. The molecule has 0 bridgehead atoms. The Hall–Kier alpha value is -1.17. The average molecular weight is 533 g/mol. The number of hydrogen-bond acceptors (Lipinski definition) is 6. The molecule has 9 heteroatoms. The number of thiophene rings is 1. The van der Waals surface area contributed by atoms with Gasteiger partial charge in [-0.2, -0.15) is 0 Å². The first-order valence-corrected chi connectivity index (χ1v) is 10.9. The third-order valence-corrected chi connectivity index (χ3v) is 5.23. The van der Waals surface area contributed by atoms with Crippen LogP contribution >= 0.6 is 35.3 Å². The first-order chi connectivity index (χ1) is 13.6. The molecule has 1 saturated heterocycles. The maximum Gasteiger partial charge on any atom is 0.236 e. The first-order valence-electron chi connectivity index (χ1n) is 9.98. The molecule has 0 spiro atoms. The normalized spacial score (nSPS) is 17.9. The lowest BCUT2D eigenvalue weighted by Gasteiger charge is -2.34. The molecule has 2 aromatic heterocycles. The highest BCUT2D eigenvalue weighted by Gasteiger charge is 2.21. The van der Waals surface area contributed by atoms with Gasteiger partial charge in [-0.05, 0) is 24.3 Å². The zero-order valence-electron chi connectivity index (χ0n) is 17.4. The number of ether oxygens (including phenoxy) is 1. The molecule has 3 heterocycles. The largest absolute Gasteiger partial charge is 0.443 e. The van der Waals surface area contributed by atoms with Gasteiger partial charge in [-0.3, -0.25) is 4.90 Å². The summed E-state index contributed by atoms with van der Waals surface area (Å²) >= 11 is 1.61. The average Bonchev–Trinajstić information content (AvgIpc) is 3.35. The fraction of sp³-hybridized carbons (Fsp3) is 0.600. The number of oxazole rings is 1. The molecule has 1 unspecified atom stereocenters. The van der Waals surface area contributed by atoms with Crippen LogP contribution in [-0.4, -0.2) is 61.3 Å². The van der Waals surface area contributed by atoms with Crippen LogP contribution in [0.3, 0.4) is 0 Å². The molecule has 0 amide bonds. The molecule has 1 aliphatic rings. The lowest BCUT2D eigenvalue weighted by atomic mass is 10.2. The predicted molar refractivity (Wildman–Crippen MR) is 129 cm³/mol. The van der Waals surface area contributed by atoms with Crippen molar-refractivity contribution in [3.05, 3.63) is 29.5 Å². The molecule has 1 atom stereocenters. The van der Waals surface area contributed by atoms with E-state index in [0.29, 0.717) is 18.4 Å². The fourth-order valence-corrected chi connectivity index (χ4v) is 3.85. The summed E-state index contributed by atoms with van der Waals surface area (Å²) in [7, 11) is 0. The minimum Gasteiger partial charge on any atom is -0.443 e. The molecule has 0 radical (unpaired) electrons. The molecule has 29 heavy (non-hydrogen) atoms. The molecule has 7 nitrogen and oxygen atoms in total. The molecular weight excluding hydrogens is 501 g/mol. The smallest absolute Gasteiger partial charge is 0.236 e. The van der Waals surface area contributed by atoms with E-state index in [1.54, 1.807) is 17.6 Å². The van der Waals surface area contributed by atoms with E-state index in [4.69, 9.17) is 9.15 Å². The number of hydrogen-bond donors (Lipinski definition) is 2. The first kappa shape index (κ1) is 24.1. The van der Waals surface area contributed by atoms with Crippen molar-refractivity contribution in [1.29, 1.82) is 0 Å². The van der Waals surface area contributed by atoms with Crippen LogP contribution in [0.15, 0.2) is 33.2 Å². The molecule has 1 fully saturated rings. The molecule has 0 aliphatic carbocycles. The number of halogens is 1. The Morgan fingerprint density at radius 3 is 3.00 bits per heavy atom. The lowest BCUT2D eigenvalue weighted by Crippen LogP contribution is -2.50. The summed E-state index contributed by atoms with van der Waals surface area (Å²) in [6.45, 7) is 12.5. The molecule has 162 valence electrons. The highest BCUT2D eigenvalue weighted by atomic mass is 127. The van der Waals surface area contributed by atoms with Gasteiger partial charge in [0.15, 0.2) is 5.96 Å². The Kier molecular flexibility index (Phi) is 10.4. The van der Waals surface area contributed by atoms with Gasteiger partial charge in [0, 0.05) is 32.7 Å². The van der Waals surface area contributed by atoms with Gasteiger partial charge in [0.05, 0.1) is 24.1 Å². The van der Waals surface area contributed by atoms with Crippen LogP contribution in [0.2, 0.25) is 0 Å². The highest BCUT2D eigenvalue weighted by Crippen LogP contribution is 2.23. The maximum atomic E-state index is 5.91. The Labute approximate surface area is 194 Å². The fourth-order valence-electron chi connectivity index (χ4n) is 3.19. The number of aliphatic imine (C=N–C) groups is 1. The van der Waals surface area contributed by atoms with Crippen molar-refractivity contribution in [3.8, 4) is 10.8 Å². The van der Waals surface area contributed by atoms with E-state index >= 15 is 0 Å². The second-order valence-electron chi connectivity index (χ2n) is 7.34. The van der Waals surface area contributed by atoms with Crippen LogP contribution in [0.25, 0.3) is 10.8 Å². The van der Waals surface area contributed by atoms with Crippen LogP contribution in [0.1, 0.15) is 26.5 Å². The lowest BCUT2D eigenvalue weighted by molar-refractivity contribution is -0.0284. The predicted octanol–water partition coefficient (Wildman–Crippen LogP) is 3.43. The third kappa shape index (κ3) is 7.88. The zero-order valence-corrected chi connectivity index (χ0v) is 20.5. The summed E-state index contributed by atoms with van der Waals surface area (Å²) in [6, 6.07) is 3.99. The van der Waals surface area contributed by atoms with Gasteiger partial charge in [0.2, 0.25) is 5.89 Å². The summed E-state index contributed by atoms with van der Waals surface area (Å²) in [5.41, 5.74) is 0.817. The zero-order chi connectivity index (χ0) is 19.8. The van der Waals surface area contributed by atoms with Crippen LogP contribution < -0.4 is 10.6 Å². The molecular formula is C20H32IN5O2S. The van der Waals surface area contributed by atoms with Crippen LogP contribution in [0.4, 0.5) is 0 Å². The Balaban J connectivity index is 0.00000300. The van der Waals surface area contributed by atoms with E-state index < -0.39 is 0 Å². The summed E-state index contributed by atoms with van der Waals surface area (Å²) in [5, 5.41) is 8.70. The second kappa shape index (κ2) is 12.5. The van der Waals surface area contributed by atoms with Gasteiger partial charge in [0.1, 0.15) is 12.0 Å². The summed E-state index contributed by atoms with van der Waals surface area (Å²) in [5.74, 6) is 2.10. The van der Waals surface area contributed by atoms with Crippen LogP contribution in [0.5, 0.6) is 0 Å². The SMILES string of the molecule is CCNC(=NCc1coc(-c2cccs2)n1)NCC1CN(CC(C)C)CCO1.I. The third-order valence-electron chi connectivity index (χ3n) is 4.37. The number of nitrogens with one attached hydrogen (secondary N) is 2. The summed E-state index contributed by atoms with van der Waals surface area (Å²) < 4.78 is 11.5. The van der Waals surface area contributed by atoms with Gasteiger partial charge < -0.3 is 19.8 Å². The molecule has 2 aromatic rings. The standard InChI is InChI=1S/C20H31N5O2S.HI/c1-4-21-20(23-11-17-13-25(7-8-26-17)12-15(2)3)22-10-16-14-27-19(24-16)18-6-5-9-28-18;/h5-6,9,14-15,17H,4,7-8,10-13H2,1-3H3,(H2,21,22,23);1H. The number of guanidine groups is 1. The number of morpholine rings is 1. The molecule has 0 saturated carbocycles. The van der Waals surface area contributed by atoms with Crippen LogP contribution in [0, 0.1) is 5.92 Å². The minimum atomic E-state index is 0. The molecule has 2 N–H and O–H groups in total. The number of rotatable bonds is 8. The Morgan fingerprint density at radius 2 is 2.28 bits per heavy atom.